The highest BCUT2D eigenvalue weighted by Crippen LogP contribution is 2.22. The number of carbonyl (C=O) groups is 2. The Kier molecular flexibility index (Phi) is 8.83. The van der Waals surface area contributed by atoms with Crippen LogP contribution in [0.3, 0.4) is 0 Å². The number of methoxy groups -OCH3 is 1. The smallest absolute Gasteiger partial charge is 0.338 e. The topological polar surface area (TPSA) is 106 Å². The van der Waals surface area contributed by atoms with Gasteiger partial charge in [-0.3, -0.25) is 4.79 Å². The number of hydrogen-bond acceptors (Lipinski definition) is 7. The van der Waals surface area contributed by atoms with E-state index in [2.05, 4.69) is 10.5 Å². The van der Waals surface area contributed by atoms with Crippen LogP contribution in [0, 0.1) is 5.92 Å². The number of ether oxygens (including phenoxy) is 3. The summed E-state index contributed by atoms with van der Waals surface area (Å²) in [6.07, 6.45) is 1.48. The van der Waals surface area contributed by atoms with Gasteiger partial charge in [0.1, 0.15) is 23.9 Å². The van der Waals surface area contributed by atoms with Crippen LogP contribution in [0.2, 0.25) is 0 Å². The van der Waals surface area contributed by atoms with Crippen molar-refractivity contribution in [2.45, 2.75) is 20.5 Å². The van der Waals surface area contributed by atoms with E-state index in [1.807, 2.05) is 19.9 Å². The molecule has 0 saturated heterocycles. The molecular weight excluding hydrogens is 448 g/mol. The highest BCUT2D eigenvalue weighted by atomic mass is 16.5. The molecule has 0 aliphatic carbocycles. The number of carbonyl (C=O) groups excluding carboxylic acids is 2. The summed E-state index contributed by atoms with van der Waals surface area (Å²) in [6.45, 7) is 4.54. The number of nitrogens with one attached hydrogen (secondary N) is 1. The fourth-order valence-corrected chi connectivity index (χ4v) is 3.06. The second-order valence-corrected chi connectivity index (χ2v) is 8.09. The van der Waals surface area contributed by atoms with E-state index in [1.165, 1.54) is 18.3 Å². The lowest BCUT2D eigenvalue weighted by Crippen LogP contribution is -2.17. The number of aromatic hydroxyl groups is 1. The van der Waals surface area contributed by atoms with Crippen molar-refractivity contribution in [3.8, 4) is 17.2 Å². The van der Waals surface area contributed by atoms with Crippen molar-refractivity contribution in [2.75, 3.05) is 13.7 Å². The molecule has 0 aliphatic heterocycles. The fourth-order valence-electron chi connectivity index (χ4n) is 3.06. The highest BCUT2D eigenvalue weighted by Gasteiger charge is 2.11. The molecular formula is C27H28N2O6. The number of phenolic OH excluding ortho intramolecular Hbond substituents is 1. The first-order chi connectivity index (χ1) is 16.9. The standard InChI is InChI=1S/C27H28N2O6/c1-18(2)16-35-27(32)20-9-11-22(12-10-20)34-17-21-14-19(8-13-25(21)33-3)15-28-29-26(31)23-6-4-5-7-24(23)30/h4-15,18,30H,16-17H2,1-3H3,(H,29,31)/b28-15-. The largest absolute Gasteiger partial charge is 0.507 e. The third-order valence-electron chi connectivity index (χ3n) is 4.86. The van der Waals surface area contributed by atoms with E-state index in [4.69, 9.17) is 14.2 Å². The Hall–Kier alpha value is -4.33. The molecule has 0 radical (unpaired) electrons. The monoisotopic (exact) mass is 476 g/mol. The Morgan fingerprint density at radius 2 is 1.80 bits per heavy atom. The number of rotatable bonds is 10. The van der Waals surface area contributed by atoms with Crippen LogP contribution >= 0.6 is 0 Å². The molecule has 182 valence electrons. The number of benzene rings is 3. The van der Waals surface area contributed by atoms with E-state index in [0.29, 0.717) is 29.2 Å². The summed E-state index contributed by atoms with van der Waals surface area (Å²) in [4.78, 5) is 24.2. The summed E-state index contributed by atoms with van der Waals surface area (Å²) < 4.78 is 16.5. The summed E-state index contributed by atoms with van der Waals surface area (Å²) in [5.74, 6) is 0.479. The van der Waals surface area contributed by atoms with Gasteiger partial charge in [-0.05, 0) is 66.1 Å². The molecule has 3 aromatic carbocycles. The number of amides is 1. The molecule has 0 saturated carbocycles. The number of phenols is 1. The lowest BCUT2D eigenvalue weighted by atomic mass is 10.1. The molecule has 0 aromatic heterocycles. The Labute approximate surface area is 204 Å². The van der Waals surface area contributed by atoms with Crippen LogP contribution in [0.4, 0.5) is 0 Å². The van der Waals surface area contributed by atoms with Gasteiger partial charge in [-0.2, -0.15) is 5.10 Å². The lowest BCUT2D eigenvalue weighted by Gasteiger charge is -2.12. The van der Waals surface area contributed by atoms with Crippen molar-refractivity contribution in [3.63, 3.8) is 0 Å². The molecule has 0 bridgehead atoms. The SMILES string of the molecule is COc1ccc(/C=N\NC(=O)c2ccccc2O)cc1COc1ccc(C(=O)OCC(C)C)cc1. The third-order valence-corrected chi connectivity index (χ3v) is 4.86. The van der Waals surface area contributed by atoms with Gasteiger partial charge < -0.3 is 19.3 Å². The summed E-state index contributed by atoms with van der Waals surface area (Å²) in [5, 5.41) is 13.7. The molecule has 8 nitrogen and oxygen atoms in total. The quantitative estimate of drug-likeness (QED) is 0.252. The molecule has 0 fully saturated rings. The van der Waals surface area contributed by atoms with Gasteiger partial charge in [0, 0.05) is 5.56 Å². The molecule has 0 spiro atoms. The molecule has 0 unspecified atom stereocenters. The van der Waals surface area contributed by atoms with Crippen LogP contribution in [0.1, 0.15) is 45.7 Å². The van der Waals surface area contributed by atoms with Crippen LogP contribution in [0.25, 0.3) is 0 Å². The van der Waals surface area contributed by atoms with Gasteiger partial charge in [0.25, 0.3) is 5.91 Å². The average molecular weight is 477 g/mol. The Balaban J connectivity index is 1.61. The molecule has 0 heterocycles. The maximum atomic E-state index is 12.2. The van der Waals surface area contributed by atoms with Crippen molar-refractivity contribution < 1.29 is 28.9 Å². The molecule has 2 N–H and O–H groups in total. The lowest BCUT2D eigenvalue weighted by molar-refractivity contribution is 0.0458. The van der Waals surface area contributed by atoms with Crippen molar-refractivity contribution in [2.24, 2.45) is 11.0 Å². The molecule has 1 amide bonds. The van der Waals surface area contributed by atoms with Crippen molar-refractivity contribution in [1.29, 1.82) is 0 Å². The van der Waals surface area contributed by atoms with Crippen LogP contribution in [0.5, 0.6) is 17.2 Å². The molecule has 35 heavy (non-hydrogen) atoms. The number of hydrogen-bond donors (Lipinski definition) is 2. The normalized spacial score (nSPS) is 10.9. The summed E-state index contributed by atoms with van der Waals surface area (Å²) in [7, 11) is 1.57. The van der Waals surface area contributed by atoms with Crippen LogP contribution in [0.15, 0.2) is 71.8 Å². The maximum absolute atomic E-state index is 12.2. The summed E-state index contributed by atoms with van der Waals surface area (Å²) in [6, 6.07) is 18.3. The van der Waals surface area contributed by atoms with Gasteiger partial charge in [0.2, 0.25) is 0 Å². The van der Waals surface area contributed by atoms with E-state index >= 15 is 0 Å². The first kappa shape index (κ1) is 25.3. The van der Waals surface area contributed by atoms with Crippen LogP contribution in [-0.4, -0.2) is 36.9 Å². The van der Waals surface area contributed by atoms with E-state index in [0.717, 1.165) is 5.56 Å². The van der Waals surface area contributed by atoms with Gasteiger partial charge in [-0.25, -0.2) is 10.2 Å². The second kappa shape index (κ2) is 12.2. The third kappa shape index (κ3) is 7.33. The minimum Gasteiger partial charge on any atom is -0.507 e. The molecule has 3 rings (SSSR count). The average Bonchev–Trinajstić information content (AvgIpc) is 2.86. The molecule has 8 heteroatoms. The number of nitrogens with zero attached hydrogens (tertiary/aromatic N) is 1. The van der Waals surface area contributed by atoms with E-state index < -0.39 is 5.91 Å². The second-order valence-electron chi connectivity index (χ2n) is 8.09. The zero-order chi connectivity index (χ0) is 25.2. The van der Waals surface area contributed by atoms with Crippen molar-refractivity contribution >= 4 is 18.1 Å². The van der Waals surface area contributed by atoms with Gasteiger partial charge in [0.15, 0.2) is 0 Å². The predicted octanol–water partition coefficient (Wildman–Crippen LogP) is 4.56. The Morgan fingerprint density at radius 3 is 2.49 bits per heavy atom. The fraction of sp³-hybridized carbons (Fsp3) is 0.222. The first-order valence-electron chi connectivity index (χ1n) is 11.1. The van der Waals surface area contributed by atoms with Gasteiger partial charge in [0.05, 0.1) is 31.1 Å². The zero-order valence-corrected chi connectivity index (χ0v) is 19.9. The first-order valence-corrected chi connectivity index (χ1v) is 11.1. The van der Waals surface area contributed by atoms with Crippen LogP contribution < -0.4 is 14.9 Å². The van der Waals surface area contributed by atoms with E-state index in [9.17, 15) is 14.7 Å². The number of hydrazone groups is 1. The summed E-state index contributed by atoms with van der Waals surface area (Å²) >= 11 is 0. The Morgan fingerprint density at radius 1 is 1.06 bits per heavy atom. The number of para-hydroxylation sites is 1. The van der Waals surface area contributed by atoms with Gasteiger partial charge in [-0.15, -0.1) is 0 Å². The maximum Gasteiger partial charge on any atom is 0.338 e. The summed E-state index contributed by atoms with van der Waals surface area (Å²) in [5.41, 5.74) is 4.46. The Bertz CT molecular complexity index is 1190. The van der Waals surface area contributed by atoms with Gasteiger partial charge in [-0.1, -0.05) is 26.0 Å². The number of esters is 1. The van der Waals surface area contributed by atoms with Crippen molar-refractivity contribution in [1.82, 2.24) is 5.43 Å². The van der Waals surface area contributed by atoms with E-state index in [-0.39, 0.29) is 29.8 Å². The predicted molar refractivity (Wildman–Crippen MR) is 132 cm³/mol. The van der Waals surface area contributed by atoms with Crippen LogP contribution in [-0.2, 0) is 11.3 Å². The van der Waals surface area contributed by atoms with Crippen molar-refractivity contribution in [3.05, 3.63) is 89.0 Å². The molecule has 0 atom stereocenters. The molecule has 0 aliphatic rings. The zero-order valence-electron chi connectivity index (χ0n) is 19.9. The highest BCUT2D eigenvalue weighted by molar-refractivity contribution is 5.97. The van der Waals surface area contributed by atoms with E-state index in [1.54, 1.807) is 55.6 Å². The minimum atomic E-state index is -0.520. The minimum absolute atomic E-state index is 0.121. The molecule has 3 aromatic rings. The van der Waals surface area contributed by atoms with Gasteiger partial charge >= 0.3 is 5.97 Å².